The highest BCUT2D eigenvalue weighted by atomic mass is 15.3. The molecule has 4 nitrogen and oxygen atoms in total. The molecule has 12 heavy (non-hydrogen) atoms. The summed E-state index contributed by atoms with van der Waals surface area (Å²) in [7, 11) is 1.86. The summed E-state index contributed by atoms with van der Waals surface area (Å²) < 4.78 is 1.77. The van der Waals surface area contributed by atoms with Crippen LogP contribution >= 0.6 is 0 Å². The van der Waals surface area contributed by atoms with Gasteiger partial charge in [-0.25, -0.2) is 9.50 Å². The van der Waals surface area contributed by atoms with Crippen LogP contribution in [0.15, 0.2) is 18.6 Å². The van der Waals surface area contributed by atoms with Crippen molar-refractivity contribution in [2.24, 2.45) is 0 Å². The smallest absolute Gasteiger partial charge is 0.178 e. The molecule has 62 valence electrons. The van der Waals surface area contributed by atoms with Crippen molar-refractivity contribution in [3.05, 3.63) is 24.2 Å². The number of nitrogens with one attached hydrogen (secondary N) is 1. The van der Waals surface area contributed by atoms with Crippen LogP contribution in [-0.4, -0.2) is 21.6 Å². The lowest BCUT2D eigenvalue weighted by atomic mass is 10.4. The third kappa shape index (κ3) is 0.922. The highest BCUT2D eigenvalue weighted by Crippen LogP contribution is 2.12. The fourth-order valence-electron chi connectivity index (χ4n) is 1.14. The van der Waals surface area contributed by atoms with Gasteiger partial charge in [-0.3, -0.25) is 0 Å². The minimum atomic E-state index is 0.864. The van der Waals surface area contributed by atoms with Gasteiger partial charge in [0.25, 0.3) is 0 Å². The molecule has 4 heteroatoms. The molecule has 0 saturated carbocycles. The van der Waals surface area contributed by atoms with Crippen LogP contribution in [0, 0.1) is 6.92 Å². The molecule has 0 aliphatic rings. The highest BCUT2D eigenvalue weighted by molar-refractivity contribution is 5.65. The van der Waals surface area contributed by atoms with Gasteiger partial charge in [-0.05, 0) is 12.5 Å². The van der Waals surface area contributed by atoms with E-state index in [1.807, 2.05) is 26.4 Å². The fraction of sp³-hybridized carbons (Fsp3) is 0.250. The number of anilines is 1. The lowest BCUT2D eigenvalue weighted by Gasteiger charge is -1.96. The van der Waals surface area contributed by atoms with Crippen LogP contribution in [0.5, 0.6) is 0 Å². The molecule has 0 atom stereocenters. The summed E-state index contributed by atoms with van der Waals surface area (Å²) in [5.41, 5.74) is 2.92. The molecule has 0 unspecified atom stereocenters. The van der Waals surface area contributed by atoms with Crippen molar-refractivity contribution >= 4 is 11.3 Å². The minimum absolute atomic E-state index is 0.864. The Morgan fingerprint density at radius 1 is 1.42 bits per heavy atom. The average molecular weight is 162 g/mol. The van der Waals surface area contributed by atoms with E-state index in [-0.39, 0.29) is 0 Å². The lowest BCUT2D eigenvalue weighted by molar-refractivity contribution is 0.928. The molecule has 0 bridgehead atoms. The maximum absolute atomic E-state index is 4.25. The van der Waals surface area contributed by atoms with E-state index in [2.05, 4.69) is 15.4 Å². The van der Waals surface area contributed by atoms with Crippen molar-refractivity contribution in [3.8, 4) is 0 Å². The summed E-state index contributed by atoms with van der Waals surface area (Å²) >= 11 is 0. The van der Waals surface area contributed by atoms with Gasteiger partial charge in [-0.2, -0.15) is 5.10 Å². The maximum Gasteiger partial charge on any atom is 0.178 e. The van der Waals surface area contributed by atoms with Crippen molar-refractivity contribution in [1.29, 1.82) is 0 Å². The summed E-state index contributed by atoms with van der Waals surface area (Å²) in [5, 5.41) is 7.17. The zero-order valence-corrected chi connectivity index (χ0v) is 7.07. The molecule has 0 saturated heterocycles. The van der Waals surface area contributed by atoms with E-state index in [9.17, 15) is 0 Å². The average Bonchev–Trinajstić information content (AvgIpc) is 2.46. The van der Waals surface area contributed by atoms with Gasteiger partial charge in [0.2, 0.25) is 0 Å². The standard InChI is InChI=1S/C8H10N4/c1-6-3-10-8-7(9-2)4-11-12(8)5-6/h3-5,9H,1-2H3. The molecule has 0 aliphatic heterocycles. The Kier molecular flexibility index (Phi) is 1.46. The van der Waals surface area contributed by atoms with Crippen LogP contribution in [0.2, 0.25) is 0 Å². The number of hydrogen-bond donors (Lipinski definition) is 1. The highest BCUT2D eigenvalue weighted by Gasteiger charge is 2.01. The third-order valence-corrected chi connectivity index (χ3v) is 1.75. The molecule has 0 aliphatic carbocycles. The van der Waals surface area contributed by atoms with Crippen molar-refractivity contribution in [2.75, 3.05) is 12.4 Å². The molecule has 2 heterocycles. The van der Waals surface area contributed by atoms with Crippen molar-refractivity contribution in [3.63, 3.8) is 0 Å². The Hall–Kier alpha value is -1.58. The molecule has 2 rings (SSSR count). The topological polar surface area (TPSA) is 42.2 Å². The Balaban J connectivity index is 2.73. The first-order valence-electron chi connectivity index (χ1n) is 3.79. The van der Waals surface area contributed by atoms with E-state index >= 15 is 0 Å². The van der Waals surface area contributed by atoms with Crippen molar-refractivity contribution < 1.29 is 0 Å². The summed E-state index contributed by atoms with van der Waals surface area (Å²) in [6, 6.07) is 0. The predicted molar refractivity (Wildman–Crippen MR) is 47.3 cm³/mol. The van der Waals surface area contributed by atoms with Gasteiger partial charge < -0.3 is 5.32 Å². The van der Waals surface area contributed by atoms with E-state index in [4.69, 9.17) is 0 Å². The number of fused-ring (bicyclic) bond motifs is 1. The van der Waals surface area contributed by atoms with Crippen molar-refractivity contribution in [2.45, 2.75) is 6.92 Å². The normalized spacial score (nSPS) is 10.5. The first-order valence-corrected chi connectivity index (χ1v) is 3.79. The van der Waals surface area contributed by atoms with Gasteiger partial charge in [0.15, 0.2) is 5.65 Å². The SMILES string of the molecule is CNc1cnn2cc(C)cnc12. The number of aromatic nitrogens is 3. The molecule has 2 aromatic heterocycles. The third-order valence-electron chi connectivity index (χ3n) is 1.75. The Labute approximate surface area is 70.2 Å². The number of nitrogens with zero attached hydrogens (tertiary/aromatic N) is 3. The second kappa shape index (κ2) is 2.48. The van der Waals surface area contributed by atoms with Gasteiger partial charge in [0.1, 0.15) is 0 Å². The first kappa shape index (κ1) is 7.09. The molecule has 0 spiro atoms. The van der Waals surface area contributed by atoms with Gasteiger partial charge >= 0.3 is 0 Å². The van der Waals surface area contributed by atoms with Crippen molar-refractivity contribution in [1.82, 2.24) is 14.6 Å². The molecule has 1 N–H and O–H groups in total. The Morgan fingerprint density at radius 3 is 3.00 bits per heavy atom. The van der Waals surface area contributed by atoms with Crippen LogP contribution in [0.1, 0.15) is 5.56 Å². The Bertz CT molecular complexity index is 404. The largest absolute Gasteiger partial charge is 0.384 e. The van der Waals surface area contributed by atoms with Gasteiger partial charge in [0, 0.05) is 19.4 Å². The number of aryl methyl sites for hydroxylation is 1. The quantitative estimate of drug-likeness (QED) is 0.682. The summed E-state index contributed by atoms with van der Waals surface area (Å²) in [5.74, 6) is 0. The fourth-order valence-corrected chi connectivity index (χ4v) is 1.14. The maximum atomic E-state index is 4.25. The van der Waals surface area contributed by atoms with Crippen LogP contribution in [0.3, 0.4) is 0 Å². The molecule has 2 aromatic rings. The summed E-state index contributed by atoms with van der Waals surface area (Å²) in [4.78, 5) is 4.25. The second-order valence-corrected chi connectivity index (χ2v) is 2.71. The molecular formula is C8H10N4. The van der Waals surface area contributed by atoms with Gasteiger partial charge in [0.05, 0.1) is 11.9 Å². The molecular weight excluding hydrogens is 152 g/mol. The molecule has 0 amide bonds. The summed E-state index contributed by atoms with van der Waals surface area (Å²) in [6.45, 7) is 1.99. The predicted octanol–water partition coefficient (Wildman–Crippen LogP) is 1.08. The van der Waals surface area contributed by atoms with E-state index < -0.39 is 0 Å². The summed E-state index contributed by atoms with van der Waals surface area (Å²) in [6.07, 6.45) is 5.54. The van der Waals surface area contributed by atoms with Gasteiger partial charge in [-0.15, -0.1) is 0 Å². The first-order chi connectivity index (χ1) is 5.81. The second-order valence-electron chi connectivity index (χ2n) is 2.71. The van der Waals surface area contributed by atoms with Crippen LogP contribution in [0.4, 0.5) is 5.69 Å². The van der Waals surface area contributed by atoms with Crippen LogP contribution in [-0.2, 0) is 0 Å². The van der Waals surface area contributed by atoms with E-state index in [0.717, 1.165) is 16.9 Å². The molecule has 0 radical (unpaired) electrons. The minimum Gasteiger partial charge on any atom is -0.384 e. The molecule has 0 aromatic carbocycles. The zero-order valence-electron chi connectivity index (χ0n) is 7.07. The van der Waals surface area contributed by atoms with E-state index in [0.29, 0.717) is 0 Å². The van der Waals surface area contributed by atoms with Crippen LogP contribution < -0.4 is 5.32 Å². The van der Waals surface area contributed by atoms with E-state index in [1.165, 1.54) is 0 Å². The Morgan fingerprint density at radius 2 is 2.25 bits per heavy atom. The number of rotatable bonds is 1. The zero-order chi connectivity index (χ0) is 8.55. The van der Waals surface area contributed by atoms with Gasteiger partial charge in [-0.1, -0.05) is 0 Å². The van der Waals surface area contributed by atoms with Crippen LogP contribution in [0.25, 0.3) is 5.65 Å². The van der Waals surface area contributed by atoms with E-state index in [1.54, 1.807) is 10.7 Å². The monoisotopic (exact) mass is 162 g/mol. The number of hydrogen-bond acceptors (Lipinski definition) is 3. The lowest BCUT2D eigenvalue weighted by Crippen LogP contribution is -1.92. The molecule has 0 fully saturated rings.